The largest absolute Gasteiger partial charge is 0.385 e. The molecule has 1 heterocycles. The first-order chi connectivity index (χ1) is 10.2. The first-order valence-corrected chi connectivity index (χ1v) is 6.96. The van der Waals surface area contributed by atoms with Crippen LogP contribution in [0.3, 0.4) is 0 Å². The predicted octanol–water partition coefficient (Wildman–Crippen LogP) is 2.68. The molecule has 0 saturated heterocycles. The van der Waals surface area contributed by atoms with E-state index in [1.54, 1.807) is 13.3 Å². The molecule has 2 N–H and O–H groups in total. The van der Waals surface area contributed by atoms with Crippen LogP contribution in [-0.4, -0.2) is 35.4 Å². The summed E-state index contributed by atoms with van der Waals surface area (Å²) in [7, 11) is 1.69. The van der Waals surface area contributed by atoms with Crippen molar-refractivity contribution < 1.29 is 4.74 Å². The van der Waals surface area contributed by atoms with Gasteiger partial charge in [0, 0.05) is 25.9 Å². The van der Waals surface area contributed by atoms with Crippen molar-refractivity contribution in [2.75, 3.05) is 30.9 Å². The third-order valence-electron chi connectivity index (χ3n) is 3.15. The van der Waals surface area contributed by atoms with E-state index >= 15 is 0 Å². The van der Waals surface area contributed by atoms with Crippen LogP contribution in [0.25, 0.3) is 0 Å². The van der Waals surface area contributed by atoms with Gasteiger partial charge in [-0.1, -0.05) is 6.07 Å². The zero-order chi connectivity index (χ0) is 15.1. The van der Waals surface area contributed by atoms with E-state index in [1.807, 2.05) is 6.07 Å². The molecule has 0 aliphatic carbocycles. The Kier molecular flexibility index (Phi) is 5.45. The number of methoxy groups -OCH3 is 1. The van der Waals surface area contributed by atoms with Crippen molar-refractivity contribution in [2.24, 2.45) is 0 Å². The minimum absolute atomic E-state index is 0.481. The maximum atomic E-state index is 5.00. The van der Waals surface area contributed by atoms with E-state index in [9.17, 15) is 0 Å². The Balaban J connectivity index is 1.98. The minimum atomic E-state index is 0.481. The Hall–Kier alpha value is -2.21. The fraction of sp³-hybridized carbons (Fsp3) is 0.400. The van der Waals surface area contributed by atoms with Crippen LogP contribution in [0.15, 0.2) is 24.4 Å². The molecule has 0 spiro atoms. The highest BCUT2D eigenvalue weighted by Crippen LogP contribution is 2.17. The van der Waals surface area contributed by atoms with Crippen LogP contribution < -0.4 is 10.6 Å². The molecule has 0 atom stereocenters. The number of aromatic nitrogens is 3. The average molecular weight is 287 g/mol. The van der Waals surface area contributed by atoms with Gasteiger partial charge in [-0.3, -0.25) is 0 Å². The van der Waals surface area contributed by atoms with E-state index in [2.05, 4.69) is 51.8 Å². The summed E-state index contributed by atoms with van der Waals surface area (Å²) in [6.07, 6.45) is 2.53. The molecule has 6 heteroatoms. The molecule has 0 amide bonds. The Morgan fingerprint density at radius 3 is 2.81 bits per heavy atom. The van der Waals surface area contributed by atoms with Gasteiger partial charge in [0.05, 0.1) is 6.20 Å². The van der Waals surface area contributed by atoms with Crippen molar-refractivity contribution in [3.63, 3.8) is 0 Å². The van der Waals surface area contributed by atoms with Crippen molar-refractivity contribution >= 4 is 17.5 Å². The van der Waals surface area contributed by atoms with E-state index < -0.39 is 0 Å². The summed E-state index contributed by atoms with van der Waals surface area (Å²) in [5, 5.41) is 14.3. The number of hydrogen-bond donors (Lipinski definition) is 2. The highest BCUT2D eigenvalue weighted by molar-refractivity contribution is 5.56. The van der Waals surface area contributed by atoms with Gasteiger partial charge in [-0.15, -0.1) is 5.10 Å². The second kappa shape index (κ2) is 7.54. The Morgan fingerprint density at radius 1 is 1.19 bits per heavy atom. The number of nitrogens with one attached hydrogen (secondary N) is 2. The van der Waals surface area contributed by atoms with Crippen molar-refractivity contribution in [2.45, 2.75) is 20.3 Å². The SMILES string of the molecule is COCCCNc1cnnc(Nc2ccc(C)c(C)c2)n1. The highest BCUT2D eigenvalue weighted by atomic mass is 16.5. The van der Waals surface area contributed by atoms with E-state index in [1.165, 1.54) is 11.1 Å². The normalized spacial score (nSPS) is 10.4. The summed E-state index contributed by atoms with van der Waals surface area (Å²) in [5.74, 6) is 1.18. The highest BCUT2D eigenvalue weighted by Gasteiger charge is 2.02. The summed E-state index contributed by atoms with van der Waals surface area (Å²) >= 11 is 0. The molecular formula is C15H21N5O. The zero-order valence-corrected chi connectivity index (χ0v) is 12.7. The van der Waals surface area contributed by atoms with Gasteiger partial charge in [-0.2, -0.15) is 10.1 Å². The van der Waals surface area contributed by atoms with Gasteiger partial charge >= 0.3 is 0 Å². The van der Waals surface area contributed by atoms with Crippen LogP contribution in [0.5, 0.6) is 0 Å². The average Bonchev–Trinajstić information content (AvgIpc) is 2.48. The number of benzene rings is 1. The quantitative estimate of drug-likeness (QED) is 0.763. The lowest BCUT2D eigenvalue weighted by Crippen LogP contribution is -2.08. The molecular weight excluding hydrogens is 266 g/mol. The third-order valence-corrected chi connectivity index (χ3v) is 3.15. The summed E-state index contributed by atoms with van der Waals surface area (Å²) in [5.41, 5.74) is 3.44. The molecule has 0 fully saturated rings. The lowest BCUT2D eigenvalue weighted by Gasteiger charge is -2.08. The van der Waals surface area contributed by atoms with Crippen molar-refractivity contribution in [1.29, 1.82) is 0 Å². The Morgan fingerprint density at radius 2 is 2.05 bits per heavy atom. The first-order valence-electron chi connectivity index (χ1n) is 6.96. The summed E-state index contributed by atoms with van der Waals surface area (Å²) in [6, 6.07) is 6.14. The van der Waals surface area contributed by atoms with Crippen LogP contribution in [0.1, 0.15) is 17.5 Å². The second-order valence-electron chi connectivity index (χ2n) is 4.86. The Labute approximate surface area is 125 Å². The third kappa shape index (κ3) is 4.68. The van der Waals surface area contributed by atoms with Crippen LogP contribution in [-0.2, 0) is 4.74 Å². The van der Waals surface area contributed by atoms with Gasteiger partial charge in [0.15, 0.2) is 5.82 Å². The van der Waals surface area contributed by atoms with E-state index in [-0.39, 0.29) is 0 Å². The maximum absolute atomic E-state index is 5.00. The molecule has 0 unspecified atom stereocenters. The van der Waals surface area contributed by atoms with Crippen LogP contribution in [0, 0.1) is 13.8 Å². The van der Waals surface area contributed by atoms with Crippen LogP contribution in [0.2, 0.25) is 0 Å². The lowest BCUT2D eigenvalue weighted by molar-refractivity contribution is 0.197. The monoisotopic (exact) mass is 287 g/mol. The van der Waals surface area contributed by atoms with Gasteiger partial charge < -0.3 is 15.4 Å². The zero-order valence-electron chi connectivity index (χ0n) is 12.7. The second-order valence-corrected chi connectivity index (χ2v) is 4.86. The molecule has 0 aliphatic heterocycles. The van der Waals surface area contributed by atoms with Gasteiger partial charge in [-0.25, -0.2) is 0 Å². The molecule has 1 aromatic carbocycles. The van der Waals surface area contributed by atoms with Crippen molar-refractivity contribution in [1.82, 2.24) is 15.2 Å². The predicted molar refractivity (Wildman–Crippen MR) is 84.0 cm³/mol. The fourth-order valence-electron chi connectivity index (χ4n) is 1.82. The van der Waals surface area contributed by atoms with Gasteiger partial charge in [-0.05, 0) is 43.5 Å². The van der Waals surface area contributed by atoms with Crippen LogP contribution in [0.4, 0.5) is 17.5 Å². The smallest absolute Gasteiger partial charge is 0.249 e. The van der Waals surface area contributed by atoms with Crippen molar-refractivity contribution in [3.8, 4) is 0 Å². The number of aryl methyl sites for hydroxylation is 2. The number of hydrogen-bond acceptors (Lipinski definition) is 6. The van der Waals surface area contributed by atoms with E-state index in [0.29, 0.717) is 11.8 Å². The molecule has 1 aromatic heterocycles. The number of rotatable bonds is 7. The number of nitrogens with zero attached hydrogens (tertiary/aromatic N) is 3. The standard InChI is InChI=1S/C15H21N5O/c1-11-5-6-13(9-12(11)2)18-15-19-14(10-17-20-15)16-7-4-8-21-3/h5-6,9-10H,4,7-8H2,1-3H3,(H2,16,18,19,20). The Bertz CT molecular complexity index is 588. The molecule has 0 aliphatic rings. The molecule has 2 rings (SSSR count). The van der Waals surface area contributed by atoms with Gasteiger partial charge in [0.1, 0.15) is 0 Å². The lowest BCUT2D eigenvalue weighted by atomic mass is 10.1. The summed E-state index contributed by atoms with van der Waals surface area (Å²) in [6.45, 7) is 5.67. The molecule has 0 saturated carbocycles. The molecule has 2 aromatic rings. The number of anilines is 3. The molecule has 6 nitrogen and oxygen atoms in total. The first kappa shape index (κ1) is 15.2. The van der Waals surface area contributed by atoms with Crippen LogP contribution >= 0.6 is 0 Å². The summed E-state index contributed by atoms with van der Waals surface area (Å²) in [4.78, 5) is 4.38. The van der Waals surface area contributed by atoms with E-state index in [0.717, 1.165) is 25.3 Å². The minimum Gasteiger partial charge on any atom is -0.385 e. The maximum Gasteiger partial charge on any atom is 0.249 e. The fourth-order valence-corrected chi connectivity index (χ4v) is 1.82. The van der Waals surface area contributed by atoms with Crippen molar-refractivity contribution in [3.05, 3.63) is 35.5 Å². The number of ether oxygens (including phenoxy) is 1. The van der Waals surface area contributed by atoms with Gasteiger partial charge in [0.2, 0.25) is 5.95 Å². The molecule has 0 bridgehead atoms. The topological polar surface area (TPSA) is 72.0 Å². The molecule has 21 heavy (non-hydrogen) atoms. The van der Waals surface area contributed by atoms with Gasteiger partial charge in [0.25, 0.3) is 0 Å². The molecule has 0 radical (unpaired) electrons. The summed E-state index contributed by atoms with van der Waals surface area (Å²) < 4.78 is 5.00. The van der Waals surface area contributed by atoms with E-state index in [4.69, 9.17) is 4.74 Å². The molecule has 112 valence electrons.